The van der Waals surface area contributed by atoms with Gasteiger partial charge in [0, 0.05) is 44.0 Å². The third-order valence-corrected chi connectivity index (χ3v) is 3.99. The van der Waals surface area contributed by atoms with E-state index in [0.717, 1.165) is 16.9 Å². The van der Waals surface area contributed by atoms with Gasteiger partial charge in [-0.15, -0.1) is 0 Å². The van der Waals surface area contributed by atoms with Crippen molar-refractivity contribution in [2.75, 3.05) is 18.5 Å². The first-order valence-corrected chi connectivity index (χ1v) is 7.27. The maximum atomic E-state index is 12.4. The number of nitrogens with one attached hydrogen (secondary N) is 2. The number of hydrogen-bond donors (Lipinski definition) is 2. The van der Waals surface area contributed by atoms with Crippen LogP contribution >= 0.6 is 0 Å². The first-order chi connectivity index (χ1) is 10.7. The lowest BCUT2D eigenvalue weighted by atomic mass is 9.89. The molecule has 1 aliphatic heterocycles. The summed E-state index contributed by atoms with van der Waals surface area (Å²) in [4.78, 5) is 33.0. The topological polar surface area (TPSA) is 78.1 Å². The van der Waals surface area contributed by atoms with Gasteiger partial charge in [0.1, 0.15) is 0 Å². The lowest BCUT2D eigenvalue weighted by Gasteiger charge is -2.30. The van der Waals surface area contributed by atoms with E-state index in [4.69, 9.17) is 0 Å². The number of carbonyl (C=O) groups is 2. The number of aromatic nitrogens is 2. The number of fused-ring (bicyclic) bond motifs is 1. The fraction of sp³-hybridized carbons (Fsp3) is 0.312. The van der Waals surface area contributed by atoms with Crippen LogP contribution in [0.3, 0.4) is 0 Å². The third kappa shape index (κ3) is 2.72. The number of para-hydroxylation sites is 1. The summed E-state index contributed by atoms with van der Waals surface area (Å²) in [5.74, 6) is -0.553. The monoisotopic (exact) mass is 298 g/mol. The van der Waals surface area contributed by atoms with Crippen LogP contribution in [0.5, 0.6) is 0 Å². The van der Waals surface area contributed by atoms with E-state index in [1.807, 2.05) is 24.3 Å². The van der Waals surface area contributed by atoms with Gasteiger partial charge < -0.3 is 15.2 Å². The van der Waals surface area contributed by atoms with Crippen LogP contribution in [0.1, 0.15) is 23.6 Å². The van der Waals surface area contributed by atoms with Gasteiger partial charge in [0.2, 0.25) is 11.8 Å². The van der Waals surface area contributed by atoms with Crippen molar-refractivity contribution in [3.8, 4) is 0 Å². The molecule has 6 heteroatoms. The van der Waals surface area contributed by atoms with Gasteiger partial charge in [-0.2, -0.15) is 0 Å². The molecule has 1 aromatic heterocycles. The van der Waals surface area contributed by atoms with E-state index in [9.17, 15) is 9.59 Å². The van der Waals surface area contributed by atoms with Crippen molar-refractivity contribution < 1.29 is 9.59 Å². The zero-order valence-corrected chi connectivity index (χ0v) is 12.4. The number of anilines is 1. The molecule has 2 heterocycles. The van der Waals surface area contributed by atoms with E-state index < -0.39 is 5.92 Å². The van der Waals surface area contributed by atoms with Gasteiger partial charge in [0.15, 0.2) is 0 Å². The van der Waals surface area contributed by atoms with Crippen molar-refractivity contribution in [2.45, 2.75) is 18.8 Å². The Morgan fingerprint density at radius 1 is 1.45 bits per heavy atom. The molecule has 1 aromatic carbocycles. The Hall–Kier alpha value is -2.63. The average Bonchev–Trinajstić information content (AvgIpc) is 3.04. The van der Waals surface area contributed by atoms with Crippen molar-refractivity contribution >= 4 is 17.5 Å². The lowest BCUT2D eigenvalue weighted by Crippen LogP contribution is -2.39. The molecule has 114 valence electrons. The minimum atomic E-state index is -0.415. The smallest absolute Gasteiger partial charge is 0.228 e. The van der Waals surface area contributed by atoms with Crippen molar-refractivity contribution in [2.24, 2.45) is 0 Å². The van der Waals surface area contributed by atoms with Crippen LogP contribution in [0.2, 0.25) is 0 Å². The minimum absolute atomic E-state index is 0.0348. The summed E-state index contributed by atoms with van der Waals surface area (Å²) in [7, 11) is 1.74. The largest absolute Gasteiger partial charge is 0.355 e. The van der Waals surface area contributed by atoms with Crippen LogP contribution in [0, 0.1) is 0 Å². The van der Waals surface area contributed by atoms with Crippen LogP contribution in [0.25, 0.3) is 0 Å². The van der Waals surface area contributed by atoms with E-state index in [1.165, 1.54) is 0 Å². The van der Waals surface area contributed by atoms with E-state index >= 15 is 0 Å². The number of carbonyl (C=O) groups excluding carboxylic acids is 2. The van der Waals surface area contributed by atoms with Gasteiger partial charge in [-0.3, -0.25) is 9.59 Å². The second-order valence-electron chi connectivity index (χ2n) is 5.39. The van der Waals surface area contributed by atoms with Crippen molar-refractivity contribution in [1.29, 1.82) is 0 Å². The number of amides is 2. The molecule has 6 nitrogen and oxygen atoms in total. The fourth-order valence-corrected chi connectivity index (χ4v) is 2.74. The summed E-state index contributed by atoms with van der Waals surface area (Å²) in [6.45, 7) is 0.518. The summed E-state index contributed by atoms with van der Waals surface area (Å²) in [5, 5.41) is 2.91. The molecule has 0 unspecified atom stereocenters. The number of H-pyrrole nitrogens is 1. The molecule has 0 bridgehead atoms. The number of rotatable bonds is 4. The zero-order chi connectivity index (χ0) is 15.5. The molecule has 0 spiro atoms. The van der Waals surface area contributed by atoms with Gasteiger partial charge in [-0.1, -0.05) is 18.2 Å². The van der Waals surface area contributed by atoms with E-state index in [-0.39, 0.29) is 18.2 Å². The number of benzene rings is 1. The first-order valence-electron chi connectivity index (χ1n) is 7.27. The molecule has 1 aliphatic rings. The highest BCUT2D eigenvalue weighted by molar-refractivity contribution is 6.02. The number of nitrogens with zero attached hydrogens (tertiary/aromatic N) is 2. The summed E-state index contributed by atoms with van der Waals surface area (Å²) in [6.07, 6.45) is 4.25. The van der Waals surface area contributed by atoms with Gasteiger partial charge in [0.05, 0.1) is 12.2 Å². The third-order valence-electron chi connectivity index (χ3n) is 3.99. The summed E-state index contributed by atoms with van der Waals surface area (Å²) >= 11 is 0. The predicted molar refractivity (Wildman–Crippen MR) is 82.5 cm³/mol. The van der Waals surface area contributed by atoms with E-state index in [1.54, 1.807) is 24.5 Å². The molecule has 2 aromatic rings. The van der Waals surface area contributed by atoms with Gasteiger partial charge in [-0.05, 0) is 11.6 Å². The SMILES string of the molecule is CN1C(=O)C[C@H](C(=O)NCCc2cnc[nH]2)c2ccccc21. The molecule has 3 rings (SSSR count). The molecular formula is C16H18N4O2. The highest BCUT2D eigenvalue weighted by Gasteiger charge is 2.33. The Morgan fingerprint density at radius 2 is 2.27 bits per heavy atom. The van der Waals surface area contributed by atoms with E-state index in [0.29, 0.717) is 13.0 Å². The maximum Gasteiger partial charge on any atom is 0.228 e. The standard InChI is InChI=1S/C16H18N4O2/c1-20-14-5-3-2-4-12(14)13(8-15(20)21)16(22)18-7-6-11-9-17-10-19-11/h2-5,9-10,13H,6-8H2,1H3,(H,17,19)(H,18,22)/t13-/m0/s1. The molecule has 0 aliphatic carbocycles. The Bertz CT molecular complexity index is 681. The second-order valence-corrected chi connectivity index (χ2v) is 5.39. The molecule has 0 fully saturated rings. The number of imidazole rings is 1. The average molecular weight is 298 g/mol. The Balaban J connectivity index is 1.69. The van der Waals surface area contributed by atoms with Gasteiger partial charge >= 0.3 is 0 Å². The van der Waals surface area contributed by atoms with Crippen LogP contribution in [-0.2, 0) is 16.0 Å². The summed E-state index contributed by atoms with van der Waals surface area (Å²) < 4.78 is 0. The number of aromatic amines is 1. The minimum Gasteiger partial charge on any atom is -0.355 e. The van der Waals surface area contributed by atoms with Crippen LogP contribution in [-0.4, -0.2) is 35.4 Å². The maximum absolute atomic E-state index is 12.4. The molecule has 0 radical (unpaired) electrons. The van der Waals surface area contributed by atoms with Crippen molar-refractivity contribution in [3.63, 3.8) is 0 Å². The molecule has 2 amide bonds. The first kappa shape index (κ1) is 14.3. The quantitative estimate of drug-likeness (QED) is 0.891. The molecule has 22 heavy (non-hydrogen) atoms. The van der Waals surface area contributed by atoms with Crippen LogP contribution in [0.4, 0.5) is 5.69 Å². The molecular weight excluding hydrogens is 280 g/mol. The highest BCUT2D eigenvalue weighted by Crippen LogP contribution is 2.34. The number of hydrogen-bond acceptors (Lipinski definition) is 3. The summed E-state index contributed by atoms with van der Waals surface area (Å²) in [6, 6.07) is 7.56. The lowest BCUT2D eigenvalue weighted by molar-refractivity contribution is -0.127. The highest BCUT2D eigenvalue weighted by atomic mass is 16.2. The second kappa shape index (κ2) is 6.01. The zero-order valence-electron chi connectivity index (χ0n) is 12.4. The Kier molecular flexibility index (Phi) is 3.91. The van der Waals surface area contributed by atoms with Crippen molar-refractivity contribution in [1.82, 2.24) is 15.3 Å². The van der Waals surface area contributed by atoms with E-state index in [2.05, 4.69) is 15.3 Å². The summed E-state index contributed by atoms with van der Waals surface area (Å²) in [5.41, 5.74) is 2.69. The molecule has 1 atom stereocenters. The van der Waals surface area contributed by atoms with Crippen molar-refractivity contribution in [3.05, 3.63) is 48.0 Å². The van der Waals surface area contributed by atoms with Crippen LogP contribution in [0.15, 0.2) is 36.8 Å². The molecule has 2 N–H and O–H groups in total. The van der Waals surface area contributed by atoms with Gasteiger partial charge in [-0.25, -0.2) is 4.98 Å². The predicted octanol–water partition coefficient (Wildman–Crippen LogP) is 1.22. The molecule has 0 saturated carbocycles. The fourth-order valence-electron chi connectivity index (χ4n) is 2.74. The van der Waals surface area contributed by atoms with Gasteiger partial charge in [0.25, 0.3) is 0 Å². The Morgan fingerprint density at radius 3 is 3.05 bits per heavy atom. The molecule has 0 saturated heterocycles. The Labute approximate surface area is 128 Å². The van der Waals surface area contributed by atoms with Crippen LogP contribution < -0.4 is 10.2 Å². The normalized spacial score (nSPS) is 17.2.